The van der Waals surface area contributed by atoms with Crippen LogP contribution in [-0.2, 0) is 6.54 Å². The Morgan fingerprint density at radius 3 is 2.79 bits per heavy atom. The number of benzene rings is 2. The number of rotatable bonds is 4. The molecule has 0 radical (unpaired) electrons. The molecule has 2 heterocycles. The summed E-state index contributed by atoms with van der Waals surface area (Å²) < 4.78 is 5.23. The van der Waals surface area contributed by atoms with Gasteiger partial charge in [0.1, 0.15) is 5.76 Å². The van der Waals surface area contributed by atoms with Gasteiger partial charge in [0.25, 0.3) is 5.91 Å². The van der Waals surface area contributed by atoms with Gasteiger partial charge in [-0.2, -0.15) is 0 Å². The van der Waals surface area contributed by atoms with Gasteiger partial charge in [0.2, 0.25) is 0 Å². The number of amides is 1. The molecule has 0 aliphatic carbocycles. The Hall–Kier alpha value is -2.70. The summed E-state index contributed by atoms with van der Waals surface area (Å²) in [4.78, 5) is 15.0. The number of piperidine rings is 1. The standard InChI is InChI=1S/C22H25N3O3/c1-14-19(15(2)28-24-14)12-25-11-10-20(21(26)13-25)23-22(27)18-9-5-7-16-6-3-4-8-17(16)18/h3-9,20-21,26H,10-13H2,1-2H3,(H,23,27)/t20-,21-/m1/s1. The minimum Gasteiger partial charge on any atom is -0.390 e. The minimum atomic E-state index is -0.617. The lowest BCUT2D eigenvalue weighted by Crippen LogP contribution is -2.53. The van der Waals surface area contributed by atoms with E-state index >= 15 is 0 Å². The number of aryl methyl sites for hydroxylation is 2. The Labute approximate surface area is 164 Å². The van der Waals surface area contributed by atoms with Crippen molar-refractivity contribution in [3.05, 3.63) is 65.0 Å². The zero-order valence-corrected chi connectivity index (χ0v) is 16.2. The molecular formula is C22H25N3O3. The van der Waals surface area contributed by atoms with Crippen molar-refractivity contribution in [3.8, 4) is 0 Å². The van der Waals surface area contributed by atoms with Gasteiger partial charge in [-0.3, -0.25) is 9.69 Å². The van der Waals surface area contributed by atoms with Crippen LogP contribution >= 0.6 is 0 Å². The average Bonchev–Trinajstić information content (AvgIpc) is 3.01. The number of carbonyl (C=O) groups is 1. The SMILES string of the molecule is Cc1noc(C)c1CN1CC[C@@H](NC(=O)c2cccc3ccccc23)[C@H](O)C1. The Morgan fingerprint density at radius 2 is 2.04 bits per heavy atom. The molecule has 28 heavy (non-hydrogen) atoms. The van der Waals surface area contributed by atoms with Crippen molar-refractivity contribution in [2.75, 3.05) is 13.1 Å². The molecular weight excluding hydrogens is 354 g/mol. The van der Waals surface area contributed by atoms with Crippen LogP contribution in [-0.4, -0.2) is 46.3 Å². The van der Waals surface area contributed by atoms with Crippen molar-refractivity contribution in [3.63, 3.8) is 0 Å². The smallest absolute Gasteiger partial charge is 0.252 e. The van der Waals surface area contributed by atoms with Gasteiger partial charge in [0, 0.05) is 30.8 Å². The Balaban J connectivity index is 1.42. The maximum atomic E-state index is 12.8. The first-order chi connectivity index (χ1) is 13.5. The van der Waals surface area contributed by atoms with E-state index in [2.05, 4.69) is 15.4 Å². The van der Waals surface area contributed by atoms with Crippen LogP contribution in [0.25, 0.3) is 10.8 Å². The summed E-state index contributed by atoms with van der Waals surface area (Å²) in [5.74, 6) is 0.679. The highest BCUT2D eigenvalue weighted by Gasteiger charge is 2.30. The highest BCUT2D eigenvalue weighted by molar-refractivity contribution is 6.07. The van der Waals surface area contributed by atoms with E-state index in [1.54, 1.807) is 0 Å². The van der Waals surface area contributed by atoms with E-state index in [1.165, 1.54) is 0 Å². The molecule has 1 fully saturated rings. The first-order valence-electron chi connectivity index (χ1n) is 9.63. The van der Waals surface area contributed by atoms with E-state index in [4.69, 9.17) is 4.52 Å². The molecule has 1 aliphatic heterocycles. The molecule has 0 unspecified atom stereocenters. The second-order valence-corrected chi connectivity index (χ2v) is 7.50. The fourth-order valence-electron chi connectivity index (χ4n) is 3.93. The first-order valence-corrected chi connectivity index (χ1v) is 9.63. The fourth-order valence-corrected chi connectivity index (χ4v) is 3.93. The van der Waals surface area contributed by atoms with Gasteiger partial charge in [0.15, 0.2) is 0 Å². The van der Waals surface area contributed by atoms with Crippen LogP contribution in [0.2, 0.25) is 0 Å². The van der Waals surface area contributed by atoms with E-state index in [1.807, 2.05) is 56.3 Å². The molecule has 1 aliphatic rings. The van der Waals surface area contributed by atoms with Gasteiger partial charge in [-0.05, 0) is 37.1 Å². The average molecular weight is 379 g/mol. The number of β-amino-alcohol motifs (C(OH)–C–C–N with tert-alkyl or cyclic N) is 1. The highest BCUT2D eigenvalue weighted by atomic mass is 16.5. The third kappa shape index (κ3) is 3.66. The van der Waals surface area contributed by atoms with Gasteiger partial charge in [-0.1, -0.05) is 41.6 Å². The largest absolute Gasteiger partial charge is 0.390 e. The van der Waals surface area contributed by atoms with Gasteiger partial charge in [-0.15, -0.1) is 0 Å². The van der Waals surface area contributed by atoms with Gasteiger partial charge < -0.3 is 14.9 Å². The maximum absolute atomic E-state index is 12.8. The molecule has 2 N–H and O–H groups in total. The van der Waals surface area contributed by atoms with Crippen molar-refractivity contribution >= 4 is 16.7 Å². The summed E-state index contributed by atoms with van der Waals surface area (Å²) in [6.45, 7) is 5.83. The van der Waals surface area contributed by atoms with Crippen molar-refractivity contribution in [1.29, 1.82) is 0 Å². The van der Waals surface area contributed by atoms with Crippen LogP contribution in [0.15, 0.2) is 47.0 Å². The predicted molar refractivity (Wildman–Crippen MR) is 107 cm³/mol. The number of hydrogen-bond acceptors (Lipinski definition) is 5. The van der Waals surface area contributed by atoms with Crippen LogP contribution in [0.1, 0.15) is 33.8 Å². The lowest BCUT2D eigenvalue weighted by Gasteiger charge is -2.36. The summed E-state index contributed by atoms with van der Waals surface area (Å²) in [5.41, 5.74) is 2.60. The maximum Gasteiger partial charge on any atom is 0.252 e. The number of fused-ring (bicyclic) bond motifs is 1. The minimum absolute atomic E-state index is 0.139. The Morgan fingerprint density at radius 1 is 1.25 bits per heavy atom. The number of carbonyl (C=O) groups excluding carboxylic acids is 1. The van der Waals surface area contributed by atoms with E-state index < -0.39 is 6.10 Å². The number of aliphatic hydroxyl groups excluding tert-OH is 1. The number of aliphatic hydroxyl groups is 1. The number of aromatic nitrogens is 1. The molecule has 6 nitrogen and oxygen atoms in total. The summed E-state index contributed by atoms with van der Waals surface area (Å²) in [5, 5.41) is 19.6. The first kappa shape index (κ1) is 18.7. The van der Waals surface area contributed by atoms with Crippen LogP contribution in [0.5, 0.6) is 0 Å². The number of likely N-dealkylation sites (tertiary alicyclic amines) is 1. The Kier molecular flexibility index (Phi) is 5.15. The highest BCUT2D eigenvalue weighted by Crippen LogP contribution is 2.21. The molecule has 2 atom stereocenters. The molecule has 1 amide bonds. The number of nitrogens with one attached hydrogen (secondary N) is 1. The Bertz CT molecular complexity index is 973. The summed E-state index contributed by atoms with van der Waals surface area (Å²) in [6.07, 6.45) is 0.0780. The van der Waals surface area contributed by atoms with E-state index in [0.29, 0.717) is 25.1 Å². The lowest BCUT2D eigenvalue weighted by atomic mass is 9.99. The molecule has 146 valence electrons. The van der Waals surface area contributed by atoms with E-state index in [0.717, 1.165) is 34.3 Å². The van der Waals surface area contributed by atoms with Crippen LogP contribution in [0.4, 0.5) is 0 Å². The third-order valence-corrected chi connectivity index (χ3v) is 5.58. The van der Waals surface area contributed by atoms with Crippen LogP contribution in [0, 0.1) is 13.8 Å². The molecule has 0 saturated carbocycles. The van der Waals surface area contributed by atoms with E-state index in [9.17, 15) is 9.90 Å². The van der Waals surface area contributed by atoms with Gasteiger partial charge in [-0.25, -0.2) is 0 Å². The molecule has 0 spiro atoms. The summed E-state index contributed by atoms with van der Waals surface area (Å²) >= 11 is 0. The molecule has 4 rings (SSSR count). The monoisotopic (exact) mass is 379 g/mol. The van der Waals surface area contributed by atoms with Crippen molar-refractivity contribution in [1.82, 2.24) is 15.4 Å². The third-order valence-electron chi connectivity index (χ3n) is 5.58. The van der Waals surface area contributed by atoms with Gasteiger partial charge in [0.05, 0.1) is 17.8 Å². The number of nitrogens with zero attached hydrogens (tertiary/aromatic N) is 2. The van der Waals surface area contributed by atoms with Crippen LogP contribution in [0.3, 0.4) is 0 Å². The second kappa shape index (κ2) is 7.73. The topological polar surface area (TPSA) is 78.6 Å². The summed E-state index contributed by atoms with van der Waals surface area (Å²) in [7, 11) is 0. The quantitative estimate of drug-likeness (QED) is 0.729. The molecule has 0 bridgehead atoms. The normalized spacial score (nSPS) is 20.4. The summed E-state index contributed by atoms with van der Waals surface area (Å²) in [6, 6.07) is 13.3. The predicted octanol–water partition coefficient (Wildman–Crippen LogP) is 2.81. The fraction of sp³-hybridized carbons (Fsp3) is 0.364. The van der Waals surface area contributed by atoms with Crippen molar-refractivity contribution in [2.24, 2.45) is 0 Å². The molecule has 3 aromatic rings. The van der Waals surface area contributed by atoms with Crippen molar-refractivity contribution in [2.45, 2.75) is 39.0 Å². The van der Waals surface area contributed by atoms with E-state index in [-0.39, 0.29) is 11.9 Å². The van der Waals surface area contributed by atoms with Crippen LogP contribution < -0.4 is 5.32 Å². The second-order valence-electron chi connectivity index (χ2n) is 7.50. The van der Waals surface area contributed by atoms with Crippen molar-refractivity contribution < 1.29 is 14.4 Å². The molecule has 6 heteroatoms. The zero-order valence-electron chi connectivity index (χ0n) is 16.2. The zero-order chi connectivity index (χ0) is 19.7. The lowest BCUT2D eigenvalue weighted by molar-refractivity contribution is 0.0348. The number of hydrogen-bond donors (Lipinski definition) is 2. The molecule has 2 aromatic carbocycles. The molecule has 1 aromatic heterocycles. The molecule has 1 saturated heterocycles. The van der Waals surface area contributed by atoms with Gasteiger partial charge >= 0.3 is 0 Å².